The van der Waals surface area contributed by atoms with Gasteiger partial charge < -0.3 is 5.73 Å². The SMILES string of the molecule is C[C@@H](N)c1cnn(-c2ccccn2)c1. The molecule has 0 unspecified atom stereocenters. The third-order valence-electron chi connectivity index (χ3n) is 2.01. The summed E-state index contributed by atoms with van der Waals surface area (Å²) in [6.07, 6.45) is 5.40. The van der Waals surface area contributed by atoms with E-state index in [1.165, 1.54) is 0 Å². The fraction of sp³-hybridized carbons (Fsp3) is 0.200. The van der Waals surface area contributed by atoms with Crippen molar-refractivity contribution in [2.24, 2.45) is 5.73 Å². The first kappa shape index (κ1) is 8.90. The summed E-state index contributed by atoms with van der Waals surface area (Å²) in [6.45, 7) is 1.93. The minimum Gasteiger partial charge on any atom is -0.324 e. The van der Waals surface area contributed by atoms with Gasteiger partial charge in [0.1, 0.15) is 0 Å². The number of rotatable bonds is 2. The van der Waals surface area contributed by atoms with Crippen LogP contribution in [0, 0.1) is 0 Å². The van der Waals surface area contributed by atoms with E-state index in [2.05, 4.69) is 10.1 Å². The van der Waals surface area contributed by atoms with Crippen LogP contribution in [0.5, 0.6) is 0 Å². The van der Waals surface area contributed by atoms with Gasteiger partial charge in [0.05, 0.1) is 6.20 Å². The van der Waals surface area contributed by atoms with E-state index in [4.69, 9.17) is 5.73 Å². The van der Waals surface area contributed by atoms with E-state index in [1.54, 1.807) is 17.1 Å². The third-order valence-corrected chi connectivity index (χ3v) is 2.01. The first-order valence-corrected chi connectivity index (χ1v) is 4.49. The Kier molecular flexibility index (Phi) is 2.28. The first-order chi connectivity index (χ1) is 6.77. The molecule has 0 aliphatic rings. The minimum absolute atomic E-state index is 0.00691. The van der Waals surface area contributed by atoms with Gasteiger partial charge in [0.25, 0.3) is 0 Å². The largest absolute Gasteiger partial charge is 0.324 e. The zero-order valence-corrected chi connectivity index (χ0v) is 7.96. The predicted octanol–water partition coefficient (Wildman–Crippen LogP) is 1.29. The van der Waals surface area contributed by atoms with Gasteiger partial charge in [0.2, 0.25) is 0 Å². The van der Waals surface area contributed by atoms with Crippen molar-refractivity contribution in [3.05, 3.63) is 42.4 Å². The number of nitrogens with zero attached hydrogens (tertiary/aromatic N) is 3. The maximum absolute atomic E-state index is 5.73. The highest BCUT2D eigenvalue weighted by Crippen LogP contribution is 2.10. The van der Waals surface area contributed by atoms with Crippen LogP contribution in [-0.2, 0) is 0 Å². The smallest absolute Gasteiger partial charge is 0.153 e. The fourth-order valence-electron chi connectivity index (χ4n) is 1.19. The normalized spacial score (nSPS) is 12.7. The molecule has 0 aromatic carbocycles. The summed E-state index contributed by atoms with van der Waals surface area (Å²) < 4.78 is 1.72. The molecule has 2 rings (SSSR count). The van der Waals surface area contributed by atoms with Gasteiger partial charge in [-0.3, -0.25) is 0 Å². The Labute approximate surface area is 82.4 Å². The summed E-state index contributed by atoms with van der Waals surface area (Å²) >= 11 is 0. The van der Waals surface area contributed by atoms with E-state index in [9.17, 15) is 0 Å². The van der Waals surface area contributed by atoms with E-state index in [1.807, 2.05) is 31.3 Å². The molecule has 0 radical (unpaired) electrons. The van der Waals surface area contributed by atoms with Gasteiger partial charge in [0.15, 0.2) is 5.82 Å². The number of pyridine rings is 1. The summed E-state index contributed by atoms with van der Waals surface area (Å²) in [6, 6.07) is 5.71. The Balaban J connectivity index is 2.34. The lowest BCUT2D eigenvalue weighted by Gasteiger charge is -1.99. The molecule has 2 aromatic rings. The second kappa shape index (κ2) is 3.59. The van der Waals surface area contributed by atoms with Crippen LogP contribution in [-0.4, -0.2) is 14.8 Å². The Hall–Kier alpha value is -1.68. The molecular weight excluding hydrogens is 176 g/mol. The summed E-state index contributed by atoms with van der Waals surface area (Å²) in [5, 5.41) is 4.18. The van der Waals surface area contributed by atoms with Crippen molar-refractivity contribution < 1.29 is 0 Å². The molecule has 2 aromatic heterocycles. The molecule has 0 spiro atoms. The van der Waals surface area contributed by atoms with Crippen LogP contribution in [0.2, 0.25) is 0 Å². The lowest BCUT2D eigenvalue weighted by Crippen LogP contribution is -2.03. The highest BCUT2D eigenvalue weighted by molar-refractivity contribution is 5.22. The second-order valence-corrected chi connectivity index (χ2v) is 3.19. The molecule has 0 aliphatic carbocycles. The molecule has 72 valence electrons. The van der Waals surface area contributed by atoms with Crippen molar-refractivity contribution in [3.8, 4) is 5.82 Å². The summed E-state index contributed by atoms with van der Waals surface area (Å²) in [7, 11) is 0. The predicted molar refractivity (Wildman–Crippen MR) is 54.0 cm³/mol. The number of nitrogens with two attached hydrogens (primary N) is 1. The molecule has 0 saturated heterocycles. The van der Waals surface area contributed by atoms with Crippen molar-refractivity contribution in [1.82, 2.24) is 14.8 Å². The highest BCUT2D eigenvalue weighted by Gasteiger charge is 2.04. The summed E-state index contributed by atoms with van der Waals surface area (Å²) in [5.41, 5.74) is 6.74. The highest BCUT2D eigenvalue weighted by atomic mass is 15.3. The van der Waals surface area contributed by atoms with E-state index in [-0.39, 0.29) is 6.04 Å². The Morgan fingerprint density at radius 2 is 2.29 bits per heavy atom. The molecule has 4 heteroatoms. The van der Waals surface area contributed by atoms with Crippen molar-refractivity contribution in [1.29, 1.82) is 0 Å². The maximum Gasteiger partial charge on any atom is 0.153 e. The average Bonchev–Trinajstić information content (AvgIpc) is 2.68. The van der Waals surface area contributed by atoms with Crippen LogP contribution in [0.3, 0.4) is 0 Å². The third kappa shape index (κ3) is 1.65. The van der Waals surface area contributed by atoms with E-state index < -0.39 is 0 Å². The zero-order chi connectivity index (χ0) is 9.97. The van der Waals surface area contributed by atoms with Gasteiger partial charge in [-0.05, 0) is 19.1 Å². The molecule has 0 saturated carbocycles. The van der Waals surface area contributed by atoms with Crippen LogP contribution >= 0.6 is 0 Å². The maximum atomic E-state index is 5.73. The van der Waals surface area contributed by atoms with Gasteiger partial charge in [-0.25, -0.2) is 9.67 Å². The van der Waals surface area contributed by atoms with E-state index in [0.29, 0.717) is 0 Å². The van der Waals surface area contributed by atoms with Crippen LogP contribution in [0.25, 0.3) is 5.82 Å². The number of hydrogen-bond donors (Lipinski definition) is 1. The van der Waals surface area contributed by atoms with Gasteiger partial charge in [-0.2, -0.15) is 5.10 Å². The average molecular weight is 188 g/mol. The molecule has 14 heavy (non-hydrogen) atoms. The van der Waals surface area contributed by atoms with Crippen LogP contribution < -0.4 is 5.73 Å². The fourth-order valence-corrected chi connectivity index (χ4v) is 1.19. The molecule has 0 bridgehead atoms. The number of aromatic nitrogens is 3. The minimum atomic E-state index is 0.00691. The Bertz CT molecular complexity index is 405. The molecule has 1 atom stereocenters. The van der Waals surface area contributed by atoms with Gasteiger partial charge in [-0.1, -0.05) is 6.07 Å². The Morgan fingerprint density at radius 3 is 2.86 bits per heavy atom. The Morgan fingerprint density at radius 1 is 1.43 bits per heavy atom. The monoisotopic (exact) mass is 188 g/mol. The van der Waals surface area contributed by atoms with E-state index in [0.717, 1.165) is 11.4 Å². The standard InChI is InChI=1S/C10H12N4/c1-8(11)9-6-13-14(7-9)10-4-2-3-5-12-10/h2-8H,11H2,1H3/t8-/m1/s1. The van der Waals surface area contributed by atoms with Crippen LogP contribution in [0.4, 0.5) is 0 Å². The molecule has 0 aliphatic heterocycles. The van der Waals surface area contributed by atoms with Crippen LogP contribution in [0.15, 0.2) is 36.8 Å². The summed E-state index contributed by atoms with van der Waals surface area (Å²) in [4.78, 5) is 4.18. The second-order valence-electron chi connectivity index (χ2n) is 3.19. The lowest BCUT2D eigenvalue weighted by atomic mass is 10.2. The molecule has 2 N–H and O–H groups in total. The van der Waals surface area contributed by atoms with Gasteiger partial charge >= 0.3 is 0 Å². The molecule has 0 amide bonds. The van der Waals surface area contributed by atoms with E-state index >= 15 is 0 Å². The van der Waals surface area contributed by atoms with Crippen molar-refractivity contribution in [2.45, 2.75) is 13.0 Å². The van der Waals surface area contributed by atoms with Crippen LogP contribution in [0.1, 0.15) is 18.5 Å². The quantitative estimate of drug-likeness (QED) is 0.772. The summed E-state index contributed by atoms with van der Waals surface area (Å²) in [5.74, 6) is 0.805. The van der Waals surface area contributed by atoms with Gasteiger partial charge in [-0.15, -0.1) is 0 Å². The number of hydrogen-bond acceptors (Lipinski definition) is 3. The molecular formula is C10H12N4. The van der Waals surface area contributed by atoms with Crippen molar-refractivity contribution in [3.63, 3.8) is 0 Å². The first-order valence-electron chi connectivity index (χ1n) is 4.49. The van der Waals surface area contributed by atoms with Gasteiger partial charge in [0, 0.05) is 24.0 Å². The molecule has 4 nitrogen and oxygen atoms in total. The topological polar surface area (TPSA) is 56.7 Å². The lowest BCUT2D eigenvalue weighted by molar-refractivity contribution is 0.813. The van der Waals surface area contributed by atoms with Crippen molar-refractivity contribution in [2.75, 3.05) is 0 Å². The zero-order valence-electron chi connectivity index (χ0n) is 7.96. The van der Waals surface area contributed by atoms with Crippen molar-refractivity contribution >= 4 is 0 Å². The molecule has 0 fully saturated rings. The molecule has 2 heterocycles.